The normalized spacial score (nSPS) is 12.3. The maximum atomic E-state index is 12.5. The molecule has 4 N–H and O–H groups in total. The minimum absolute atomic E-state index is 0.0287. The number of carboxylic acids is 1. The van der Waals surface area contributed by atoms with E-state index in [1.807, 2.05) is 0 Å². The van der Waals surface area contributed by atoms with Crippen LogP contribution in [0.15, 0.2) is 53.4 Å². The Morgan fingerprint density at radius 1 is 1.08 bits per heavy atom. The van der Waals surface area contributed by atoms with Crippen molar-refractivity contribution in [1.82, 2.24) is 4.72 Å². The molecule has 1 unspecified atom stereocenters. The molecule has 0 aliphatic heterocycles. The van der Waals surface area contributed by atoms with Crippen molar-refractivity contribution >= 4 is 27.6 Å². The van der Waals surface area contributed by atoms with Crippen molar-refractivity contribution in [3.05, 3.63) is 54.1 Å². The Kier molecular flexibility index (Phi) is 5.96. The van der Waals surface area contributed by atoms with Crippen LogP contribution in [0.4, 0.5) is 5.69 Å². The van der Waals surface area contributed by atoms with Crippen LogP contribution in [0.2, 0.25) is 0 Å². The van der Waals surface area contributed by atoms with Crippen LogP contribution in [0.25, 0.3) is 0 Å². The summed E-state index contributed by atoms with van der Waals surface area (Å²) in [7, 11) is -4.22. The van der Waals surface area contributed by atoms with Gasteiger partial charge in [0.1, 0.15) is 11.8 Å². The molecule has 138 valence electrons. The average Bonchev–Trinajstić information content (AvgIpc) is 2.61. The Labute approximate surface area is 150 Å². The molecule has 0 saturated carbocycles. The molecule has 9 heteroatoms. The van der Waals surface area contributed by atoms with E-state index in [1.165, 1.54) is 42.5 Å². The standard InChI is InChI=1S/C17H18N2O6S/c1-2-14(16(21)18-11-7-9-12(20)10-8-11)19-26(24,25)15-6-4-3-5-13(15)17(22)23/h3-10,14,19-20H,2H2,1H3,(H,18,21)(H,22,23). The molecule has 0 radical (unpaired) electrons. The number of carbonyl (C=O) groups excluding carboxylic acids is 1. The Hall–Kier alpha value is -2.91. The Morgan fingerprint density at radius 2 is 1.69 bits per heavy atom. The number of aromatic hydroxyl groups is 1. The molecule has 2 aromatic carbocycles. The van der Waals surface area contributed by atoms with Gasteiger partial charge in [-0.2, -0.15) is 4.72 Å². The van der Waals surface area contributed by atoms with Gasteiger partial charge in [-0.15, -0.1) is 0 Å². The van der Waals surface area contributed by atoms with Gasteiger partial charge in [0.2, 0.25) is 15.9 Å². The molecule has 0 saturated heterocycles. The molecule has 0 aliphatic rings. The van der Waals surface area contributed by atoms with Gasteiger partial charge in [0.15, 0.2) is 0 Å². The van der Waals surface area contributed by atoms with Crippen LogP contribution in [0.1, 0.15) is 23.7 Å². The van der Waals surface area contributed by atoms with Gasteiger partial charge in [-0.25, -0.2) is 13.2 Å². The lowest BCUT2D eigenvalue weighted by Crippen LogP contribution is -2.43. The topological polar surface area (TPSA) is 133 Å². The fraction of sp³-hybridized carbons (Fsp3) is 0.176. The summed E-state index contributed by atoms with van der Waals surface area (Å²) < 4.78 is 27.3. The Balaban J connectivity index is 2.22. The van der Waals surface area contributed by atoms with Crippen LogP contribution in [0, 0.1) is 0 Å². The summed E-state index contributed by atoms with van der Waals surface area (Å²) >= 11 is 0. The van der Waals surface area contributed by atoms with Gasteiger partial charge < -0.3 is 15.5 Å². The van der Waals surface area contributed by atoms with E-state index in [9.17, 15) is 23.1 Å². The highest BCUT2D eigenvalue weighted by Crippen LogP contribution is 2.17. The molecule has 0 fully saturated rings. The van der Waals surface area contributed by atoms with Crippen LogP contribution in [-0.2, 0) is 14.8 Å². The number of carboxylic acid groups (broad SMARTS) is 1. The summed E-state index contributed by atoms with van der Waals surface area (Å²) in [5.74, 6) is -1.96. The van der Waals surface area contributed by atoms with Crippen LogP contribution >= 0.6 is 0 Å². The number of carbonyl (C=O) groups is 2. The second-order valence-corrected chi connectivity index (χ2v) is 7.10. The van der Waals surface area contributed by atoms with Crippen LogP contribution in [-0.4, -0.2) is 36.5 Å². The molecule has 1 amide bonds. The smallest absolute Gasteiger partial charge is 0.337 e. The first-order valence-electron chi connectivity index (χ1n) is 7.69. The quantitative estimate of drug-likeness (QED) is 0.543. The first kappa shape index (κ1) is 19.4. The minimum Gasteiger partial charge on any atom is -0.508 e. The third kappa shape index (κ3) is 4.58. The largest absolute Gasteiger partial charge is 0.508 e. The lowest BCUT2D eigenvalue weighted by Gasteiger charge is -2.17. The zero-order chi connectivity index (χ0) is 19.3. The Bertz CT molecular complexity index is 909. The van der Waals surface area contributed by atoms with E-state index in [1.54, 1.807) is 6.92 Å². The molecular formula is C17H18N2O6S. The van der Waals surface area contributed by atoms with Gasteiger partial charge in [0, 0.05) is 5.69 Å². The summed E-state index contributed by atoms with van der Waals surface area (Å²) in [6.45, 7) is 1.62. The van der Waals surface area contributed by atoms with Gasteiger partial charge in [-0.05, 0) is 42.8 Å². The van der Waals surface area contributed by atoms with Crippen LogP contribution in [0.5, 0.6) is 5.75 Å². The molecule has 26 heavy (non-hydrogen) atoms. The molecule has 0 heterocycles. The number of sulfonamides is 1. The second kappa shape index (κ2) is 7.98. The summed E-state index contributed by atoms with van der Waals surface area (Å²) in [5.41, 5.74) is 0.00480. The number of hydrogen-bond donors (Lipinski definition) is 4. The minimum atomic E-state index is -4.22. The van der Waals surface area contributed by atoms with Crippen molar-refractivity contribution in [3.8, 4) is 5.75 Å². The molecule has 2 rings (SSSR count). The number of nitrogens with one attached hydrogen (secondary N) is 2. The number of amides is 1. The molecule has 0 aliphatic carbocycles. The fourth-order valence-electron chi connectivity index (χ4n) is 2.22. The van der Waals surface area contributed by atoms with Crippen molar-refractivity contribution in [3.63, 3.8) is 0 Å². The number of phenols is 1. The predicted molar refractivity (Wildman–Crippen MR) is 94.5 cm³/mol. The lowest BCUT2D eigenvalue weighted by atomic mass is 10.2. The molecule has 8 nitrogen and oxygen atoms in total. The highest BCUT2D eigenvalue weighted by molar-refractivity contribution is 7.89. The van der Waals surface area contributed by atoms with Crippen molar-refractivity contribution < 1.29 is 28.2 Å². The maximum Gasteiger partial charge on any atom is 0.337 e. The van der Waals surface area contributed by atoms with E-state index in [4.69, 9.17) is 5.11 Å². The van der Waals surface area contributed by atoms with Gasteiger partial charge in [0.05, 0.1) is 10.5 Å². The van der Waals surface area contributed by atoms with Crippen LogP contribution in [0.3, 0.4) is 0 Å². The summed E-state index contributed by atoms with van der Waals surface area (Å²) in [6, 6.07) is 9.74. The Morgan fingerprint density at radius 3 is 2.27 bits per heavy atom. The van der Waals surface area contributed by atoms with Crippen molar-refractivity contribution in [2.75, 3.05) is 5.32 Å². The van der Waals surface area contributed by atoms with Gasteiger partial charge in [-0.3, -0.25) is 4.79 Å². The summed E-state index contributed by atoms with van der Waals surface area (Å²) in [5, 5.41) is 20.9. The van der Waals surface area contributed by atoms with Crippen molar-refractivity contribution in [1.29, 1.82) is 0 Å². The van der Waals surface area contributed by atoms with Gasteiger partial charge in [-0.1, -0.05) is 19.1 Å². The monoisotopic (exact) mass is 378 g/mol. The van der Waals surface area contributed by atoms with E-state index in [2.05, 4.69) is 10.0 Å². The zero-order valence-corrected chi connectivity index (χ0v) is 14.7. The predicted octanol–water partition coefficient (Wildman–Crippen LogP) is 1.79. The van der Waals surface area contributed by atoms with Gasteiger partial charge in [0.25, 0.3) is 0 Å². The van der Waals surface area contributed by atoms with Crippen molar-refractivity contribution in [2.24, 2.45) is 0 Å². The highest BCUT2D eigenvalue weighted by Gasteiger charge is 2.27. The van der Waals surface area contributed by atoms with Crippen molar-refractivity contribution in [2.45, 2.75) is 24.3 Å². The number of anilines is 1. The first-order valence-corrected chi connectivity index (χ1v) is 9.17. The number of rotatable bonds is 7. The molecule has 2 aromatic rings. The van der Waals surface area contributed by atoms with E-state index in [-0.39, 0.29) is 17.7 Å². The van der Waals surface area contributed by atoms with E-state index < -0.39 is 32.8 Å². The number of benzene rings is 2. The van der Waals surface area contributed by atoms with Crippen LogP contribution < -0.4 is 10.0 Å². The SMILES string of the molecule is CCC(NS(=O)(=O)c1ccccc1C(=O)O)C(=O)Nc1ccc(O)cc1. The number of aromatic carboxylic acids is 1. The van der Waals surface area contributed by atoms with E-state index in [0.717, 1.165) is 6.07 Å². The molecule has 0 bridgehead atoms. The molecule has 0 spiro atoms. The highest BCUT2D eigenvalue weighted by atomic mass is 32.2. The van der Waals surface area contributed by atoms with E-state index in [0.29, 0.717) is 5.69 Å². The molecule has 1 atom stereocenters. The third-order valence-corrected chi connectivity index (χ3v) is 5.09. The fourth-order valence-corrected chi connectivity index (χ4v) is 3.70. The van der Waals surface area contributed by atoms with E-state index >= 15 is 0 Å². The first-order chi connectivity index (χ1) is 12.2. The summed E-state index contributed by atoms with van der Waals surface area (Å²) in [6.07, 6.45) is 0.151. The number of hydrogen-bond acceptors (Lipinski definition) is 5. The second-order valence-electron chi connectivity index (χ2n) is 5.42. The summed E-state index contributed by atoms with van der Waals surface area (Å²) in [4.78, 5) is 23.2. The average molecular weight is 378 g/mol. The zero-order valence-electron chi connectivity index (χ0n) is 13.8. The number of phenolic OH excluding ortho intramolecular Hbond substituents is 1. The molecular weight excluding hydrogens is 360 g/mol. The van der Waals surface area contributed by atoms with Gasteiger partial charge >= 0.3 is 5.97 Å². The molecule has 0 aromatic heterocycles. The lowest BCUT2D eigenvalue weighted by molar-refractivity contribution is -0.117. The third-order valence-electron chi connectivity index (χ3n) is 3.56. The maximum absolute atomic E-state index is 12.5.